The number of amides is 1. The van der Waals surface area contributed by atoms with Crippen LogP contribution in [0.4, 0.5) is 5.82 Å². The van der Waals surface area contributed by atoms with Gasteiger partial charge in [-0.25, -0.2) is 9.97 Å². The Bertz CT molecular complexity index is 899. The van der Waals surface area contributed by atoms with E-state index in [2.05, 4.69) is 16.0 Å². The van der Waals surface area contributed by atoms with Gasteiger partial charge in [0.2, 0.25) is 0 Å². The summed E-state index contributed by atoms with van der Waals surface area (Å²) in [6.07, 6.45) is 4.08. The van der Waals surface area contributed by atoms with Crippen molar-refractivity contribution in [1.29, 1.82) is 0 Å². The number of rotatable bonds is 4. The van der Waals surface area contributed by atoms with Crippen LogP contribution in [0.3, 0.4) is 0 Å². The van der Waals surface area contributed by atoms with Crippen LogP contribution in [0.15, 0.2) is 42.6 Å². The standard InChI is InChI=1S/C20H22N4OS/c1-14(19-22-16-9-3-4-10-17(16)26-19)23(2)20(25)15-8-7-11-21-18(15)24-12-5-6-13-24/h3-4,7-11,14H,5-6,12-13H2,1-2H3/t14-/m0/s1. The number of pyridine rings is 1. The van der Waals surface area contributed by atoms with Gasteiger partial charge in [0.05, 0.1) is 21.8 Å². The maximum Gasteiger partial charge on any atom is 0.257 e. The second-order valence-electron chi connectivity index (χ2n) is 6.68. The van der Waals surface area contributed by atoms with Crippen LogP contribution in [-0.2, 0) is 0 Å². The minimum absolute atomic E-state index is 0.00763. The molecule has 26 heavy (non-hydrogen) atoms. The van der Waals surface area contributed by atoms with E-state index in [-0.39, 0.29) is 11.9 Å². The second-order valence-corrected chi connectivity index (χ2v) is 7.74. The van der Waals surface area contributed by atoms with Crippen molar-refractivity contribution in [3.63, 3.8) is 0 Å². The third-order valence-corrected chi connectivity index (χ3v) is 6.20. The monoisotopic (exact) mass is 366 g/mol. The predicted octanol–water partition coefficient (Wildman–Crippen LogP) is 4.12. The highest BCUT2D eigenvalue weighted by Gasteiger charge is 2.26. The SMILES string of the molecule is C[C@@H](c1nc2ccccc2s1)N(C)C(=O)c1cccnc1N1CCCC1. The maximum atomic E-state index is 13.2. The number of fused-ring (bicyclic) bond motifs is 1. The van der Waals surface area contributed by atoms with E-state index >= 15 is 0 Å². The van der Waals surface area contributed by atoms with Crippen molar-refractivity contribution in [3.05, 3.63) is 53.2 Å². The smallest absolute Gasteiger partial charge is 0.257 e. The summed E-state index contributed by atoms with van der Waals surface area (Å²) >= 11 is 1.64. The Kier molecular flexibility index (Phi) is 4.59. The maximum absolute atomic E-state index is 13.2. The van der Waals surface area contributed by atoms with Crippen molar-refractivity contribution in [2.75, 3.05) is 25.0 Å². The van der Waals surface area contributed by atoms with Crippen LogP contribution in [0.25, 0.3) is 10.2 Å². The number of carbonyl (C=O) groups is 1. The lowest BCUT2D eigenvalue weighted by Crippen LogP contribution is -2.32. The van der Waals surface area contributed by atoms with E-state index in [0.29, 0.717) is 5.56 Å². The van der Waals surface area contributed by atoms with Gasteiger partial charge in [0.1, 0.15) is 10.8 Å². The van der Waals surface area contributed by atoms with Gasteiger partial charge in [-0.1, -0.05) is 12.1 Å². The molecule has 4 rings (SSSR count). The van der Waals surface area contributed by atoms with E-state index in [1.54, 1.807) is 22.4 Å². The highest BCUT2D eigenvalue weighted by molar-refractivity contribution is 7.18. The van der Waals surface area contributed by atoms with Crippen LogP contribution in [0, 0.1) is 0 Å². The van der Waals surface area contributed by atoms with Gasteiger partial charge in [-0.15, -0.1) is 11.3 Å². The summed E-state index contributed by atoms with van der Waals surface area (Å²) in [4.78, 5) is 26.4. The van der Waals surface area contributed by atoms with E-state index < -0.39 is 0 Å². The molecule has 0 aliphatic carbocycles. The highest BCUT2D eigenvalue weighted by Crippen LogP contribution is 2.31. The Labute approximate surface area is 157 Å². The molecule has 2 aromatic heterocycles. The molecule has 6 heteroatoms. The molecule has 1 aliphatic heterocycles. The molecule has 3 heterocycles. The van der Waals surface area contributed by atoms with E-state index in [1.807, 2.05) is 44.3 Å². The van der Waals surface area contributed by atoms with Crippen molar-refractivity contribution < 1.29 is 4.79 Å². The molecule has 1 aromatic carbocycles. The number of para-hydroxylation sites is 1. The van der Waals surface area contributed by atoms with Gasteiger partial charge in [-0.2, -0.15) is 0 Å². The predicted molar refractivity (Wildman–Crippen MR) is 106 cm³/mol. The fourth-order valence-corrected chi connectivity index (χ4v) is 4.41. The average molecular weight is 366 g/mol. The van der Waals surface area contributed by atoms with E-state index in [0.717, 1.165) is 47.0 Å². The molecule has 0 bridgehead atoms. The molecule has 0 spiro atoms. The molecule has 0 radical (unpaired) electrons. The summed E-state index contributed by atoms with van der Waals surface area (Å²) in [7, 11) is 1.85. The van der Waals surface area contributed by atoms with Crippen LogP contribution >= 0.6 is 11.3 Å². The van der Waals surface area contributed by atoms with Crippen LogP contribution in [0.2, 0.25) is 0 Å². The minimum Gasteiger partial charge on any atom is -0.356 e. The fraction of sp³-hybridized carbons (Fsp3) is 0.350. The lowest BCUT2D eigenvalue weighted by molar-refractivity contribution is 0.0743. The molecule has 0 unspecified atom stereocenters. The quantitative estimate of drug-likeness (QED) is 0.697. The Morgan fingerprint density at radius 2 is 1.96 bits per heavy atom. The first-order chi connectivity index (χ1) is 12.6. The summed E-state index contributed by atoms with van der Waals surface area (Å²) < 4.78 is 1.15. The number of anilines is 1. The summed E-state index contributed by atoms with van der Waals surface area (Å²) in [5, 5.41) is 0.952. The number of benzene rings is 1. The van der Waals surface area contributed by atoms with Gasteiger partial charge < -0.3 is 9.80 Å². The third kappa shape index (κ3) is 3.05. The van der Waals surface area contributed by atoms with Gasteiger partial charge in [0.15, 0.2) is 0 Å². The molecule has 3 aromatic rings. The highest BCUT2D eigenvalue weighted by atomic mass is 32.1. The Balaban J connectivity index is 1.61. The van der Waals surface area contributed by atoms with Gasteiger partial charge in [0, 0.05) is 26.3 Å². The summed E-state index contributed by atoms with van der Waals surface area (Å²) in [5.41, 5.74) is 1.66. The molecule has 134 valence electrons. The zero-order valence-electron chi connectivity index (χ0n) is 15.1. The zero-order valence-corrected chi connectivity index (χ0v) is 15.9. The van der Waals surface area contributed by atoms with Crippen LogP contribution in [0.1, 0.15) is 41.2 Å². The molecular weight excluding hydrogens is 344 g/mol. The molecule has 1 fully saturated rings. The Morgan fingerprint density at radius 1 is 1.19 bits per heavy atom. The van der Waals surface area contributed by atoms with Gasteiger partial charge in [-0.05, 0) is 44.0 Å². The molecule has 0 saturated carbocycles. The van der Waals surface area contributed by atoms with Crippen LogP contribution < -0.4 is 4.90 Å². The molecule has 1 atom stereocenters. The Hall–Kier alpha value is -2.47. The van der Waals surface area contributed by atoms with Crippen LogP contribution in [0.5, 0.6) is 0 Å². The molecule has 1 aliphatic rings. The van der Waals surface area contributed by atoms with E-state index in [4.69, 9.17) is 4.98 Å². The molecule has 0 N–H and O–H groups in total. The topological polar surface area (TPSA) is 49.3 Å². The van der Waals surface area contributed by atoms with E-state index in [9.17, 15) is 4.79 Å². The number of hydrogen-bond donors (Lipinski definition) is 0. The summed E-state index contributed by atoms with van der Waals surface area (Å²) in [6.45, 7) is 3.96. The second kappa shape index (κ2) is 7.03. The van der Waals surface area contributed by atoms with Crippen LogP contribution in [-0.4, -0.2) is 40.9 Å². The summed E-state index contributed by atoms with van der Waals surface area (Å²) in [6, 6.07) is 11.7. The normalized spacial score (nSPS) is 15.4. The number of nitrogens with zero attached hydrogens (tertiary/aromatic N) is 4. The summed E-state index contributed by atoms with van der Waals surface area (Å²) in [5.74, 6) is 0.796. The van der Waals surface area contributed by atoms with Crippen molar-refractivity contribution in [2.24, 2.45) is 0 Å². The average Bonchev–Trinajstić information content (AvgIpc) is 3.35. The minimum atomic E-state index is -0.0912. The van der Waals surface area contributed by atoms with Crippen molar-refractivity contribution in [2.45, 2.75) is 25.8 Å². The first-order valence-electron chi connectivity index (χ1n) is 8.98. The van der Waals surface area contributed by atoms with Gasteiger partial charge >= 0.3 is 0 Å². The third-order valence-electron chi connectivity index (χ3n) is 4.99. The first-order valence-corrected chi connectivity index (χ1v) is 9.79. The number of hydrogen-bond acceptors (Lipinski definition) is 5. The fourth-order valence-electron chi connectivity index (χ4n) is 3.35. The van der Waals surface area contributed by atoms with Crippen molar-refractivity contribution in [1.82, 2.24) is 14.9 Å². The number of thiazole rings is 1. The Morgan fingerprint density at radius 3 is 2.73 bits per heavy atom. The molecule has 1 amide bonds. The van der Waals surface area contributed by atoms with Gasteiger partial charge in [0.25, 0.3) is 5.91 Å². The van der Waals surface area contributed by atoms with Gasteiger partial charge in [-0.3, -0.25) is 4.79 Å². The molecule has 5 nitrogen and oxygen atoms in total. The first kappa shape index (κ1) is 17.0. The largest absolute Gasteiger partial charge is 0.356 e. The number of carbonyl (C=O) groups excluding carboxylic acids is 1. The van der Waals surface area contributed by atoms with Crippen molar-refractivity contribution >= 4 is 33.3 Å². The number of aromatic nitrogens is 2. The molecular formula is C20H22N4OS. The lowest BCUT2D eigenvalue weighted by Gasteiger charge is -2.26. The molecule has 1 saturated heterocycles. The zero-order chi connectivity index (χ0) is 18.1. The lowest BCUT2D eigenvalue weighted by atomic mass is 10.2. The van der Waals surface area contributed by atoms with Crippen molar-refractivity contribution in [3.8, 4) is 0 Å². The van der Waals surface area contributed by atoms with E-state index in [1.165, 1.54) is 0 Å².